The van der Waals surface area contributed by atoms with Crippen LogP contribution >= 0.6 is 0 Å². The summed E-state index contributed by atoms with van der Waals surface area (Å²) in [6.07, 6.45) is 0.607. The molecule has 6 nitrogen and oxygen atoms in total. The number of para-hydroxylation sites is 1. The Hall–Kier alpha value is -2.55. The van der Waals surface area contributed by atoms with Crippen LogP contribution in [0.25, 0.3) is 0 Å². The van der Waals surface area contributed by atoms with Crippen LogP contribution < -0.4 is 4.74 Å². The maximum atomic E-state index is 11.1. The van der Waals surface area contributed by atoms with Crippen LogP contribution in [-0.2, 0) is 25.5 Å². The van der Waals surface area contributed by atoms with Crippen LogP contribution in [0, 0.1) is 11.5 Å². The standard InChI is InChI=1S/C11H7NO5/c12-6-15-10(13)11(14)17-9-5-7-3-1-2-4-8(7)16-9/h1-4,9H,5H2. The van der Waals surface area contributed by atoms with Crippen LogP contribution in [0.3, 0.4) is 0 Å². The molecule has 17 heavy (non-hydrogen) atoms. The number of ether oxygens (including phenoxy) is 3. The Labute approximate surface area is 96.3 Å². The first-order chi connectivity index (χ1) is 8.20. The van der Waals surface area contributed by atoms with Crippen LogP contribution in [0.2, 0.25) is 0 Å². The minimum Gasteiger partial charge on any atom is -0.454 e. The summed E-state index contributed by atoms with van der Waals surface area (Å²) >= 11 is 0. The molecular weight excluding hydrogens is 226 g/mol. The Morgan fingerprint density at radius 2 is 2.12 bits per heavy atom. The summed E-state index contributed by atoms with van der Waals surface area (Å²) < 4.78 is 13.8. The lowest BCUT2D eigenvalue weighted by Crippen LogP contribution is -2.27. The summed E-state index contributed by atoms with van der Waals surface area (Å²) in [6, 6.07) is 7.18. The van der Waals surface area contributed by atoms with Crippen molar-refractivity contribution in [2.45, 2.75) is 12.7 Å². The molecule has 2 rings (SSSR count). The van der Waals surface area contributed by atoms with Crippen LogP contribution in [0.1, 0.15) is 5.56 Å². The number of carbonyl (C=O) groups excluding carboxylic acids is 2. The fourth-order valence-corrected chi connectivity index (χ4v) is 1.47. The first kappa shape index (κ1) is 11.0. The van der Waals surface area contributed by atoms with E-state index < -0.39 is 18.2 Å². The van der Waals surface area contributed by atoms with Crippen LogP contribution in [0.4, 0.5) is 0 Å². The molecule has 0 aromatic heterocycles. The number of fused-ring (bicyclic) bond motifs is 1. The van der Waals surface area contributed by atoms with E-state index in [1.54, 1.807) is 12.1 Å². The van der Waals surface area contributed by atoms with Gasteiger partial charge in [0, 0.05) is 5.56 Å². The number of esters is 2. The van der Waals surface area contributed by atoms with Crippen molar-refractivity contribution in [2.75, 3.05) is 0 Å². The number of hydrogen-bond donors (Lipinski definition) is 0. The quantitative estimate of drug-likeness (QED) is 0.399. The average Bonchev–Trinajstić information content (AvgIpc) is 2.71. The third-order valence-electron chi connectivity index (χ3n) is 2.16. The molecule has 1 heterocycles. The van der Waals surface area contributed by atoms with Crippen molar-refractivity contribution in [3.63, 3.8) is 0 Å². The lowest BCUT2D eigenvalue weighted by Gasteiger charge is -2.09. The second-order valence-electron chi connectivity index (χ2n) is 3.25. The molecule has 0 bridgehead atoms. The van der Waals surface area contributed by atoms with E-state index in [-0.39, 0.29) is 0 Å². The number of nitriles is 1. The Bertz CT molecular complexity index is 480. The summed E-state index contributed by atoms with van der Waals surface area (Å²) in [6.45, 7) is 0. The zero-order valence-corrected chi connectivity index (χ0v) is 8.58. The normalized spacial score (nSPS) is 16.3. The van der Waals surface area contributed by atoms with Gasteiger partial charge in [0.15, 0.2) is 0 Å². The van der Waals surface area contributed by atoms with Gasteiger partial charge in [0.05, 0.1) is 6.42 Å². The second kappa shape index (κ2) is 4.53. The smallest absolute Gasteiger partial charge is 0.432 e. The second-order valence-corrected chi connectivity index (χ2v) is 3.25. The third kappa shape index (κ3) is 2.34. The van der Waals surface area contributed by atoms with Crippen molar-refractivity contribution >= 4 is 11.9 Å². The summed E-state index contributed by atoms with van der Waals surface area (Å²) in [4.78, 5) is 21.9. The van der Waals surface area contributed by atoms with Crippen molar-refractivity contribution in [2.24, 2.45) is 0 Å². The first-order valence-corrected chi connectivity index (χ1v) is 4.76. The third-order valence-corrected chi connectivity index (χ3v) is 2.16. The lowest BCUT2D eigenvalue weighted by molar-refractivity contribution is -0.175. The average molecular weight is 233 g/mol. The highest BCUT2D eigenvalue weighted by Gasteiger charge is 2.29. The molecule has 1 atom stereocenters. The summed E-state index contributed by atoms with van der Waals surface area (Å²) in [5, 5.41) is 8.06. The highest BCUT2D eigenvalue weighted by molar-refractivity contribution is 6.29. The topological polar surface area (TPSA) is 85.6 Å². The van der Waals surface area contributed by atoms with Crippen molar-refractivity contribution < 1.29 is 23.8 Å². The Morgan fingerprint density at radius 3 is 2.82 bits per heavy atom. The fourth-order valence-electron chi connectivity index (χ4n) is 1.47. The van der Waals surface area contributed by atoms with Crippen molar-refractivity contribution in [3.8, 4) is 12.0 Å². The van der Waals surface area contributed by atoms with E-state index in [4.69, 9.17) is 14.7 Å². The predicted molar refractivity (Wildman–Crippen MR) is 52.4 cm³/mol. The van der Waals surface area contributed by atoms with Gasteiger partial charge in [-0.15, -0.1) is 5.26 Å². The lowest BCUT2D eigenvalue weighted by atomic mass is 10.2. The van der Waals surface area contributed by atoms with E-state index in [9.17, 15) is 9.59 Å². The molecular formula is C11H7NO5. The molecule has 0 aliphatic carbocycles. The maximum Gasteiger partial charge on any atom is 0.432 e. The Balaban J connectivity index is 1.94. The van der Waals surface area contributed by atoms with E-state index in [1.165, 1.54) is 0 Å². The van der Waals surface area contributed by atoms with E-state index in [2.05, 4.69) is 4.74 Å². The number of nitrogens with zero attached hydrogens (tertiary/aromatic N) is 1. The van der Waals surface area contributed by atoms with E-state index in [0.29, 0.717) is 12.2 Å². The minimum atomic E-state index is -1.35. The van der Waals surface area contributed by atoms with Crippen molar-refractivity contribution in [1.29, 1.82) is 5.26 Å². The molecule has 0 amide bonds. The van der Waals surface area contributed by atoms with Crippen molar-refractivity contribution in [1.82, 2.24) is 0 Å². The highest BCUT2D eigenvalue weighted by Crippen LogP contribution is 2.28. The zero-order chi connectivity index (χ0) is 12.3. The molecule has 1 aliphatic rings. The van der Waals surface area contributed by atoms with Gasteiger partial charge in [-0.3, -0.25) is 0 Å². The molecule has 0 N–H and O–H groups in total. The van der Waals surface area contributed by atoms with Gasteiger partial charge in [0.25, 0.3) is 6.26 Å². The monoisotopic (exact) mass is 233 g/mol. The van der Waals surface area contributed by atoms with Gasteiger partial charge in [0.1, 0.15) is 5.75 Å². The van der Waals surface area contributed by atoms with Gasteiger partial charge in [-0.25, -0.2) is 9.59 Å². The van der Waals surface area contributed by atoms with Gasteiger partial charge in [-0.2, -0.15) is 0 Å². The zero-order valence-electron chi connectivity index (χ0n) is 8.58. The number of rotatable bonds is 1. The number of hydrogen-bond acceptors (Lipinski definition) is 6. The van der Waals surface area contributed by atoms with E-state index in [0.717, 1.165) is 11.8 Å². The van der Waals surface area contributed by atoms with E-state index in [1.807, 2.05) is 12.1 Å². The maximum absolute atomic E-state index is 11.1. The SMILES string of the molecule is N#COC(=O)C(=O)OC1Cc2ccccc2O1. The van der Waals surface area contributed by atoms with E-state index >= 15 is 0 Å². The molecule has 0 spiro atoms. The molecule has 1 aromatic rings. The number of carbonyl (C=O) groups is 2. The fraction of sp³-hybridized carbons (Fsp3) is 0.182. The highest BCUT2D eigenvalue weighted by atomic mass is 16.7. The molecule has 0 radical (unpaired) electrons. The summed E-state index contributed by atoms with van der Waals surface area (Å²) in [5.74, 6) is -1.99. The van der Waals surface area contributed by atoms with Gasteiger partial charge < -0.3 is 14.2 Å². The Morgan fingerprint density at radius 1 is 1.35 bits per heavy atom. The molecule has 0 saturated heterocycles. The van der Waals surface area contributed by atoms with Gasteiger partial charge in [0.2, 0.25) is 6.29 Å². The van der Waals surface area contributed by atoms with Gasteiger partial charge in [-0.05, 0) is 6.07 Å². The summed E-state index contributed by atoms with van der Waals surface area (Å²) in [7, 11) is 0. The number of benzene rings is 1. The molecule has 0 fully saturated rings. The van der Waals surface area contributed by atoms with Gasteiger partial charge in [-0.1, -0.05) is 18.2 Å². The van der Waals surface area contributed by atoms with Crippen LogP contribution in [0.5, 0.6) is 5.75 Å². The van der Waals surface area contributed by atoms with Gasteiger partial charge >= 0.3 is 11.9 Å². The Kier molecular flexibility index (Phi) is 2.92. The molecule has 6 heteroatoms. The molecule has 1 aromatic carbocycles. The molecule has 1 unspecified atom stereocenters. The largest absolute Gasteiger partial charge is 0.454 e. The van der Waals surface area contributed by atoms with Crippen LogP contribution in [-0.4, -0.2) is 18.2 Å². The van der Waals surface area contributed by atoms with Crippen molar-refractivity contribution in [3.05, 3.63) is 29.8 Å². The summed E-state index contributed by atoms with van der Waals surface area (Å²) in [5.41, 5.74) is 0.888. The first-order valence-electron chi connectivity index (χ1n) is 4.76. The molecule has 0 saturated carbocycles. The predicted octanol–water partition coefficient (Wildman–Crippen LogP) is 0.515. The minimum absolute atomic E-state index is 0.363. The molecule has 86 valence electrons. The van der Waals surface area contributed by atoms with Crippen LogP contribution in [0.15, 0.2) is 24.3 Å². The molecule has 1 aliphatic heterocycles.